The van der Waals surface area contributed by atoms with E-state index in [-0.39, 0.29) is 31.1 Å². The molecule has 0 atom stereocenters. The van der Waals surface area contributed by atoms with Gasteiger partial charge in [-0.05, 0) is 76.8 Å². The third kappa shape index (κ3) is 9.91. The fraction of sp³-hybridized carbons (Fsp3) is 0.421. The van der Waals surface area contributed by atoms with Crippen molar-refractivity contribution in [1.82, 2.24) is 25.1 Å². The number of nitrogens with one attached hydrogen (secondary N) is 1. The number of carbonyl (C=O) groups is 3. The van der Waals surface area contributed by atoms with Crippen molar-refractivity contribution in [2.45, 2.75) is 86.7 Å². The Hall–Kier alpha value is -5.30. The van der Waals surface area contributed by atoms with Gasteiger partial charge >= 0.3 is 12.2 Å². The van der Waals surface area contributed by atoms with Gasteiger partial charge in [0.25, 0.3) is 5.91 Å². The number of benzene rings is 2. The van der Waals surface area contributed by atoms with Gasteiger partial charge in [0.15, 0.2) is 18.2 Å². The van der Waals surface area contributed by atoms with Crippen molar-refractivity contribution < 1.29 is 33.3 Å². The monoisotopic (exact) mass is 698 g/mol. The molecule has 13 nitrogen and oxygen atoms in total. The van der Waals surface area contributed by atoms with Gasteiger partial charge in [-0.25, -0.2) is 24.5 Å². The van der Waals surface area contributed by atoms with Gasteiger partial charge in [-0.15, -0.1) is 0 Å². The molecule has 1 aliphatic heterocycles. The lowest BCUT2D eigenvalue weighted by Crippen LogP contribution is -2.35. The minimum Gasteiger partial charge on any atom is -0.484 e. The van der Waals surface area contributed by atoms with Crippen LogP contribution in [0.1, 0.15) is 73.6 Å². The van der Waals surface area contributed by atoms with Crippen LogP contribution in [0.4, 0.5) is 21.1 Å². The molecule has 4 aromatic rings. The SMILES string of the molecule is CC(C)(C)CNC(=O)COc1cccc(-c2nc3c(c(N(C(=O)OC(C)(C)C)c4ccc(-c5cnn(C(=O)OC(C)(C)C)c5)cc4)n2)COC3)c1. The Morgan fingerprint density at radius 2 is 1.57 bits per heavy atom. The summed E-state index contributed by atoms with van der Waals surface area (Å²) >= 11 is 0. The van der Waals surface area contributed by atoms with Crippen LogP contribution in [0.25, 0.3) is 22.5 Å². The Bertz CT molecular complexity index is 1900. The van der Waals surface area contributed by atoms with Gasteiger partial charge in [0.2, 0.25) is 0 Å². The van der Waals surface area contributed by atoms with E-state index in [4.69, 9.17) is 28.9 Å². The van der Waals surface area contributed by atoms with Crippen molar-refractivity contribution in [3.8, 4) is 28.3 Å². The summed E-state index contributed by atoms with van der Waals surface area (Å²) in [6.07, 6.45) is 1.94. The molecule has 0 bridgehead atoms. The minimum atomic E-state index is -0.800. The highest BCUT2D eigenvalue weighted by Crippen LogP contribution is 2.36. The lowest BCUT2D eigenvalue weighted by Gasteiger charge is -2.28. The zero-order valence-electron chi connectivity index (χ0n) is 30.7. The van der Waals surface area contributed by atoms with Crippen molar-refractivity contribution in [2.75, 3.05) is 18.1 Å². The van der Waals surface area contributed by atoms with Crippen molar-refractivity contribution in [1.29, 1.82) is 0 Å². The smallest absolute Gasteiger partial charge is 0.435 e. The quantitative estimate of drug-likeness (QED) is 0.197. The van der Waals surface area contributed by atoms with E-state index >= 15 is 0 Å². The predicted molar refractivity (Wildman–Crippen MR) is 192 cm³/mol. The van der Waals surface area contributed by atoms with Crippen molar-refractivity contribution in [2.24, 2.45) is 5.41 Å². The van der Waals surface area contributed by atoms with Crippen molar-refractivity contribution >= 4 is 29.6 Å². The third-order valence-electron chi connectivity index (χ3n) is 7.24. The summed E-state index contributed by atoms with van der Waals surface area (Å²) in [4.78, 5) is 50.0. The van der Waals surface area contributed by atoms with Crippen LogP contribution in [0.5, 0.6) is 5.75 Å². The average Bonchev–Trinajstić information content (AvgIpc) is 3.72. The van der Waals surface area contributed by atoms with Crippen LogP contribution in [0.2, 0.25) is 0 Å². The summed E-state index contributed by atoms with van der Waals surface area (Å²) in [6.45, 7) is 17.7. The van der Waals surface area contributed by atoms with Gasteiger partial charge in [0.05, 0.1) is 30.8 Å². The maximum Gasteiger partial charge on any atom is 0.435 e. The van der Waals surface area contributed by atoms with E-state index in [0.717, 1.165) is 10.2 Å². The lowest BCUT2D eigenvalue weighted by molar-refractivity contribution is -0.123. The molecule has 2 aromatic heterocycles. The van der Waals surface area contributed by atoms with Crippen LogP contribution >= 0.6 is 0 Å². The molecule has 0 aliphatic carbocycles. The first-order valence-corrected chi connectivity index (χ1v) is 16.7. The Morgan fingerprint density at radius 3 is 2.24 bits per heavy atom. The standard InChI is InChI=1S/C38H46N6O7/c1-36(2,3)23-39-31(45)22-49-28-12-10-11-25(17-28)32-41-30-21-48-20-29(30)33(42-32)44(35(47)51-38(7,8)9)27-15-13-24(14-16-27)26-18-40-43(19-26)34(46)50-37(4,5)6/h10-19H,20-23H2,1-9H3,(H,39,45). The highest BCUT2D eigenvalue weighted by atomic mass is 16.6. The number of nitrogens with zero attached hydrogens (tertiary/aromatic N) is 5. The number of fused-ring (bicyclic) bond motifs is 1. The number of carbonyl (C=O) groups excluding carboxylic acids is 3. The van der Waals surface area contributed by atoms with E-state index in [2.05, 4.69) is 10.4 Å². The largest absolute Gasteiger partial charge is 0.484 e. The Kier molecular flexibility index (Phi) is 10.5. The molecule has 2 aromatic carbocycles. The molecule has 0 saturated heterocycles. The summed E-state index contributed by atoms with van der Waals surface area (Å²) in [6, 6.07) is 14.3. The molecular weight excluding hydrogens is 652 g/mol. The highest BCUT2D eigenvalue weighted by molar-refractivity contribution is 5.96. The van der Waals surface area contributed by atoms with Crippen LogP contribution < -0.4 is 15.0 Å². The molecule has 1 aliphatic rings. The first-order valence-electron chi connectivity index (χ1n) is 16.7. The normalized spacial score (nSPS) is 13.0. The summed E-state index contributed by atoms with van der Waals surface area (Å²) < 4.78 is 24.0. The Morgan fingerprint density at radius 1 is 0.863 bits per heavy atom. The summed E-state index contributed by atoms with van der Waals surface area (Å²) in [5.74, 6) is 0.908. The molecule has 0 unspecified atom stereocenters. The first kappa shape index (κ1) is 37.0. The van der Waals surface area contributed by atoms with E-state index in [1.165, 1.54) is 4.90 Å². The zero-order chi connectivity index (χ0) is 37.1. The van der Waals surface area contributed by atoms with Crippen LogP contribution in [-0.4, -0.2) is 62.2 Å². The fourth-order valence-corrected chi connectivity index (χ4v) is 4.94. The maximum absolute atomic E-state index is 14.0. The molecule has 0 spiro atoms. The molecule has 270 valence electrons. The zero-order valence-corrected chi connectivity index (χ0v) is 30.7. The van der Waals surface area contributed by atoms with Gasteiger partial charge in [-0.3, -0.25) is 4.79 Å². The van der Waals surface area contributed by atoms with E-state index < -0.39 is 23.4 Å². The highest BCUT2D eigenvalue weighted by Gasteiger charge is 2.32. The van der Waals surface area contributed by atoms with Gasteiger partial charge < -0.3 is 24.3 Å². The second kappa shape index (κ2) is 14.5. The van der Waals surface area contributed by atoms with Gasteiger partial charge in [-0.2, -0.15) is 9.78 Å². The molecule has 3 heterocycles. The van der Waals surface area contributed by atoms with Crippen LogP contribution in [-0.2, 0) is 32.2 Å². The fourth-order valence-electron chi connectivity index (χ4n) is 4.94. The van der Waals surface area contributed by atoms with Crippen LogP contribution in [0.3, 0.4) is 0 Å². The second-order valence-corrected chi connectivity index (χ2v) is 15.5. The number of ether oxygens (including phenoxy) is 4. The predicted octanol–water partition coefficient (Wildman–Crippen LogP) is 7.43. The summed E-state index contributed by atoms with van der Waals surface area (Å²) in [5.41, 5.74) is 2.35. The van der Waals surface area contributed by atoms with Crippen molar-refractivity contribution in [3.63, 3.8) is 0 Å². The minimum absolute atomic E-state index is 0.0509. The van der Waals surface area contributed by atoms with Gasteiger partial charge in [0, 0.05) is 29.4 Å². The molecule has 2 amide bonds. The Labute approximate surface area is 298 Å². The first-order chi connectivity index (χ1) is 23.8. The average molecular weight is 699 g/mol. The molecule has 13 heteroatoms. The molecule has 5 rings (SSSR count). The van der Waals surface area contributed by atoms with Crippen molar-refractivity contribution in [3.05, 3.63) is 72.2 Å². The Balaban J connectivity index is 1.47. The molecule has 0 radical (unpaired) electrons. The molecule has 51 heavy (non-hydrogen) atoms. The summed E-state index contributed by atoms with van der Waals surface area (Å²) in [5, 5.41) is 7.05. The van der Waals surface area contributed by atoms with Crippen LogP contribution in [0, 0.1) is 5.41 Å². The number of rotatable bonds is 8. The second-order valence-electron chi connectivity index (χ2n) is 15.5. The molecule has 1 N–H and O–H groups in total. The number of hydrogen-bond acceptors (Lipinski definition) is 10. The number of hydrogen-bond donors (Lipinski definition) is 1. The lowest BCUT2D eigenvalue weighted by atomic mass is 9.97. The van der Waals surface area contributed by atoms with E-state index in [1.54, 1.807) is 84.3 Å². The number of anilines is 2. The third-order valence-corrected chi connectivity index (χ3v) is 7.24. The maximum atomic E-state index is 14.0. The molecule has 0 saturated carbocycles. The van der Waals surface area contributed by atoms with E-state index in [0.29, 0.717) is 52.0 Å². The van der Waals surface area contributed by atoms with Crippen LogP contribution in [0.15, 0.2) is 60.9 Å². The topological polar surface area (TPSA) is 147 Å². The molecular formula is C38H46N6O7. The van der Waals surface area contributed by atoms with E-state index in [9.17, 15) is 14.4 Å². The van der Waals surface area contributed by atoms with E-state index in [1.807, 2.05) is 39.0 Å². The number of aromatic nitrogens is 4. The summed E-state index contributed by atoms with van der Waals surface area (Å²) in [7, 11) is 0. The number of amides is 2. The van der Waals surface area contributed by atoms with Gasteiger partial charge in [-0.1, -0.05) is 45.0 Å². The molecule has 0 fully saturated rings. The van der Waals surface area contributed by atoms with Gasteiger partial charge in [0.1, 0.15) is 17.0 Å².